The predicted octanol–water partition coefficient (Wildman–Crippen LogP) is 4.61. The van der Waals surface area contributed by atoms with Crippen molar-refractivity contribution in [3.63, 3.8) is 0 Å². The molecule has 0 radical (unpaired) electrons. The smallest absolute Gasteiger partial charge is 0.261 e. The first-order chi connectivity index (χ1) is 19.0. The number of hydrogen-bond donors (Lipinski definition) is 3. The zero-order chi connectivity index (χ0) is 26.9. The van der Waals surface area contributed by atoms with Crippen molar-refractivity contribution < 1.29 is 13.9 Å². The van der Waals surface area contributed by atoms with Crippen molar-refractivity contribution in [1.82, 2.24) is 24.7 Å². The molecule has 0 aliphatic rings. The van der Waals surface area contributed by atoms with Gasteiger partial charge < -0.3 is 25.2 Å². The number of nitrogen functional groups attached to an aromatic ring is 1. The monoisotopic (exact) mass is 519 g/mol. The summed E-state index contributed by atoms with van der Waals surface area (Å²) in [5, 5.41) is 7.55. The number of amides is 1. The number of rotatable bonds is 6. The number of hydrogen-bond acceptors (Lipinski definition) is 8. The van der Waals surface area contributed by atoms with Crippen molar-refractivity contribution in [2.45, 2.75) is 0 Å². The molecule has 6 rings (SSSR count). The van der Waals surface area contributed by atoms with Crippen molar-refractivity contribution >= 4 is 28.4 Å². The van der Waals surface area contributed by atoms with Gasteiger partial charge in [0.25, 0.3) is 11.5 Å². The summed E-state index contributed by atoms with van der Waals surface area (Å²) in [5.41, 5.74) is 9.36. The SMILES string of the molecule is Cn1cc(-c2oc3ncnc(Oc4ccc(NC(=O)c5ccc[nH]c5=O)cc4)c3c2-c2cccc(N)c2)cn1. The van der Waals surface area contributed by atoms with Crippen LogP contribution in [-0.4, -0.2) is 30.6 Å². The highest BCUT2D eigenvalue weighted by molar-refractivity contribution is 6.04. The number of pyridine rings is 1. The summed E-state index contributed by atoms with van der Waals surface area (Å²) in [6.07, 6.45) is 6.38. The van der Waals surface area contributed by atoms with Gasteiger partial charge in [-0.1, -0.05) is 12.1 Å². The van der Waals surface area contributed by atoms with E-state index in [0.717, 1.165) is 16.7 Å². The van der Waals surface area contributed by atoms with E-state index in [0.29, 0.717) is 34.0 Å². The molecular weight excluding hydrogens is 498 g/mol. The number of nitrogens with two attached hydrogens (primary N) is 1. The normalized spacial score (nSPS) is 11.0. The summed E-state index contributed by atoms with van der Waals surface area (Å²) in [6, 6.07) is 17.2. The average Bonchev–Trinajstić information content (AvgIpc) is 3.54. The van der Waals surface area contributed by atoms with Crippen molar-refractivity contribution in [2.75, 3.05) is 11.1 Å². The van der Waals surface area contributed by atoms with Crippen LogP contribution >= 0.6 is 0 Å². The Hall–Kier alpha value is -5.71. The molecule has 2 aromatic carbocycles. The molecule has 39 heavy (non-hydrogen) atoms. The lowest BCUT2D eigenvalue weighted by atomic mass is 10.0. The topological polar surface area (TPSA) is 154 Å². The number of carbonyl (C=O) groups is 1. The molecule has 4 N–H and O–H groups in total. The molecule has 0 saturated heterocycles. The minimum atomic E-state index is -0.517. The van der Waals surface area contributed by atoms with Gasteiger partial charge in [-0.3, -0.25) is 14.3 Å². The molecule has 11 heteroatoms. The van der Waals surface area contributed by atoms with E-state index < -0.39 is 11.5 Å². The Kier molecular flexibility index (Phi) is 5.85. The molecule has 1 amide bonds. The van der Waals surface area contributed by atoms with Crippen LogP contribution in [0, 0.1) is 0 Å². The Labute approximate surface area is 220 Å². The molecule has 0 atom stereocenters. The van der Waals surface area contributed by atoms with Gasteiger partial charge in [-0.2, -0.15) is 5.10 Å². The van der Waals surface area contributed by atoms with Crippen LogP contribution < -0.4 is 21.3 Å². The van der Waals surface area contributed by atoms with E-state index in [2.05, 4.69) is 25.4 Å². The first kappa shape index (κ1) is 23.7. The number of aromatic nitrogens is 5. The minimum absolute atomic E-state index is 0.0136. The van der Waals surface area contributed by atoms with Crippen LogP contribution in [0.5, 0.6) is 11.6 Å². The number of benzene rings is 2. The van der Waals surface area contributed by atoms with Crippen molar-refractivity contribution in [3.05, 3.63) is 101 Å². The molecule has 0 fully saturated rings. The van der Waals surface area contributed by atoms with E-state index in [-0.39, 0.29) is 11.4 Å². The fourth-order valence-corrected chi connectivity index (χ4v) is 4.21. The lowest BCUT2D eigenvalue weighted by Crippen LogP contribution is -2.22. The number of ether oxygens (including phenoxy) is 1. The number of anilines is 2. The Balaban J connectivity index is 1.36. The number of aryl methyl sites for hydroxylation is 1. The molecule has 6 aromatic rings. The van der Waals surface area contributed by atoms with Crippen LogP contribution in [0.15, 0.2) is 94.8 Å². The molecular formula is C28H21N7O4. The molecule has 0 aliphatic heterocycles. The van der Waals surface area contributed by atoms with E-state index in [1.165, 1.54) is 18.6 Å². The molecule has 4 heterocycles. The molecule has 11 nitrogen and oxygen atoms in total. The van der Waals surface area contributed by atoms with Gasteiger partial charge in [-0.05, 0) is 54.1 Å². The fraction of sp³-hybridized carbons (Fsp3) is 0.0357. The highest BCUT2D eigenvalue weighted by Crippen LogP contribution is 2.44. The van der Waals surface area contributed by atoms with Gasteiger partial charge in [0.15, 0.2) is 0 Å². The van der Waals surface area contributed by atoms with Crippen LogP contribution in [0.3, 0.4) is 0 Å². The second-order valence-electron chi connectivity index (χ2n) is 8.69. The number of nitrogens with zero attached hydrogens (tertiary/aromatic N) is 4. The van der Waals surface area contributed by atoms with Gasteiger partial charge in [0, 0.05) is 36.4 Å². The van der Waals surface area contributed by atoms with Crippen LogP contribution in [0.1, 0.15) is 10.4 Å². The van der Waals surface area contributed by atoms with E-state index in [9.17, 15) is 9.59 Å². The molecule has 4 aromatic heterocycles. The van der Waals surface area contributed by atoms with E-state index in [1.807, 2.05) is 31.4 Å². The van der Waals surface area contributed by atoms with E-state index in [1.54, 1.807) is 47.3 Å². The first-order valence-electron chi connectivity index (χ1n) is 11.9. The molecule has 0 saturated carbocycles. The van der Waals surface area contributed by atoms with Gasteiger partial charge in [0.05, 0.1) is 11.8 Å². The summed E-state index contributed by atoms with van der Waals surface area (Å²) in [5.74, 6) is 0.788. The third-order valence-electron chi connectivity index (χ3n) is 5.99. The molecule has 192 valence electrons. The standard InChI is InChI=1S/C28H21N7O4/c1-35-14-17(13-33-35)24-22(16-4-2-5-18(29)12-16)23-27(31-15-32-28(23)39-24)38-20-9-7-19(8-10-20)34-26(37)21-6-3-11-30-25(21)36/h2-15H,29H2,1H3,(H,30,36)(H,34,37). The predicted molar refractivity (Wildman–Crippen MR) is 145 cm³/mol. The second-order valence-corrected chi connectivity index (χ2v) is 8.69. The highest BCUT2D eigenvalue weighted by atomic mass is 16.5. The van der Waals surface area contributed by atoms with E-state index >= 15 is 0 Å². The highest BCUT2D eigenvalue weighted by Gasteiger charge is 2.24. The summed E-state index contributed by atoms with van der Waals surface area (Å²) in [7, 11) is 1.82. The lowest BCUT2D eigenvalue weighted by Gasteiger charge is -2.09. The number of fused-ring (bicyclic) bond motifs is 1. The Morgan fingerprint density at radius 2 is 1.92 bits per heavy atom. The van der Waals surface area contributed by atoms with Gasteiger partial charge in [-0.25, -0.2) is 9.97 Å². The number of furan rings is 1. The maximum atomic E-state index is 12.5. The molecule has 0 unspecified atom stereocenters. The summed E-state index contributed by atoms with van der Waals surface area (Å²) in [4.78, 5) is 35.6. The Morgan fingerprint density at radius 3 is 2.67 bits per heavy atom. The third-order valence-corrected chi connectivity index (χ3v) is 5.99. The zero-order valence-electron chi connectivity index (χ0n) is 20.6. The van der Waals surface area contributed by atoms with Gasteiger partial charge in [-0.15, -0.1) is 0 Å². The maximum absolute atomic E-state index is 12.5. The number of nitrogens with one attached hydrogen (secondary N) is 2. The fourth-order valence-electron chi connectivity index (χ4n) is 4.21. The minimum Gasteiger partial charge on any atom is -0.438 e. The second kappa shape index (κ2) is 9.63. The van der Waals surface area contributed by atoms with Gasteiger partial charge in [0.2, 0.25) is 11.6 Å². The zero-order valence-corrected chi connectivity index (χ0v) is 20.6. The van der Waals surface area contributed by atoms with Crippen LogP contribution in [0.4, 0.5) is 11.4 Å². The number of aromatic amines is 1. The van der Waals surface area contributed by atoms with Gasteiger partial charge >= 0.3 is 0 Å². The summed E-state index contributed by atoms with van der Waals surface area (Å²) < 4.78 is 14.0. The molecule has 0 spiro atoms. The van der Waals surface area contributed by atoms with Crippen LogP contribution in [-0.2, 0) is 7.05 Å². The average molecular weight is 520 g/mol. The summed E-state index contributed by atoms with van der Waals surface area (Å²) >= 11 is 0. The Bertz CT molecular complexity index is 1890. The summed E-state index contributed by atoms with van der Waals surface area (Å²) in [6.45, 7) is 0. The number of H-pyrrole nitrogens is 1. The Morgan fingerprint density at radius 1 is 1.08 bits per heavy atom. The molecule has 0 bridgehead atoms. The van der Waals surface area contributed by atoms with Gasteiger partial charge in [0.1, 0.15) is 28.8 Å². The molecule has 0 aliphatic carbocycles. The maximum Gasteiger partial charge on any atom is 0.261 e. The van der Waals surface area contributed by atoms with Crippen molar-refractivity contribution in [1.29, 1.82) is 0 Å². The quantitative estimate of drug-likeness (QED) is 0.270. The lowest BCUT2D eigenvalue weighted by molar-refractivity contribution is 0.102. The number of carbonyl (C=O) groups excluding carboxylic acids is 1. The van der Waals surface area contributed by atoms with Crippen LogP contribution in [0.25, 0.3) is 33.6 Å². The van der Waals surface area contributed by atoms with Crippen molar-refractivity contribution in [3.8, 4) is 34.1 Å². The van der Waals surface area contributed by atoms with E-state index in [4.69, 9.17) is 14.9 Å². The first-order valence-corrected chi connectivity index (χ1v) is 11.9. The third kappa shape index (κ3) is 4.60. The van der Waals surface area contributed by atoms with Crippen LogP contribution in [0.2, 0.25) is 0 Å². The largest absolute Gasteiger partial charge is 0.438 e. The van der Waals surface area contributed by atoms with Crippen molar-refractivity contribution in [2.24, 2.45) is 7.05 Å².